The molecule has 1 saturated carbocycles. The summed E-state index contributed by atoms with van der Waals surface area (Å²) in [7, 11) is 0. The molecule has 1 aliphatic heterocycles. The van der Waals surface area contributed by atoms with E-state index < -0.39 is 17.6 Å². The molecule has 0 radical (unpaired) electrons. The zero-order chi connectivity index (χ0) is 26.8. The Morgan fingerprint density at radius 2 is 1.87 bits per heavy atom. The molecule has 7 nitrogen and oxygen atoms in total. The SMILES string of the molecule is CCOc1ccc(-c2nn(-c3ccccc3)cc2/C=C2/C(=O)N(C3CCCC3)C(=O)C(C#N)=C2C)cc1F. The van der Waals surface area contributed by atoms with Gasteiger partial charge in [0.1, 0.15) is 17.3 Å². The fourth-order valence-corrected chi connectivity index (χ4v) is 5.10. The second-order valence-electron chi connectivity index (χ2n) is 9.38. The predicted molar refractivity (Wildman–Crippen MR) is 141 cm³/mol. The Hall–Kier alpha value is -4.51. The number of carbonyl (C=O) groups excluding carboxylic acids is 2. The summed E-state index contributed by atoms with van der Waals surface area (Å²) in [6.07, 6.45) is 6.73. The highest BCUT2D eigenvalue weighted by molar-refractivity contribution is 6.20. The van der Waals surface area contributed by atoms with Crippen LogP contribution in [0.2, 0.25) is 0 Å². The number of amides is 2. The Bertz CT molecular complexity index is 1510. The molecular formula is C30H27FN4O3. The van der Waals surface area contributed by atoms with Gasteiger partial charge in [0.05, 0.1) is 12.3 Å². The van der Waals surface area contributed by atoms with Gasteiger partial charge in [0.25, 0.3) is 11.8 Å². The number of rotatable bonds is 6. The van der Waals surface area contributed by atoms with Crippen LogP contribution in [0.4, 0.5) is 4.39 Å². The maximum absolute atomic E-state index is 14.8. The molecule has 0 bridgehead atoms. The third kappa shape index (κ3) is 4.52. The van der Waals surface area contributed by atoms with E-state index in [1.54, 1.807) is 42.9 Å². The van der Waals surface area contributed by atoms with Crippen LogP contribution >= 0.6 is 0 Å². The molecule has 3 aromatic rings. The summed E-state index contributed by atoms with van der Waals surface area (Å²) >= 11 is 0. The van der Waals surface area contributed by atoms with E-state index in [-0.39, 0.29) is 22.9 Å². The molecule has 2 aromatic carbocycles. The third-order valence-electron chi connectivity index (χ3n) is 7.03. The van der Waals surface area contributed by atoms with Crippen LogP contribution in [0, 0.1) is 17.1 Å². The maximum atomic E-state index is 14.8. The number of hydrogen-bond acceptors (Lipinski definition) is 5. The molecule has 8 heteroatoms. The van der Waals surface area contributed by atoms with Crippen molar-refractivity contribution in [2.75, 3.05) is 6.61 Å². The molecule has 0 N–H and O–H groups in total. The lowest BCUT2D eigenvalue weighted by Crippen LogP contribution is -2.47. The number of nitriles is 1. The lowest BCUT2D eigenvalue weighted by molar-refractivity contribution is -0.143. The van der Waals surface area contributed by atoms with E-state index in [2.05, 4.69) is 0 Å². The molecular weight excluding hydrogens is 483 g/mol. The standard InChI is InChI=1S/C30H27FN4O3/c1-3-38-27-14-13-20(16-26(27)31)28-21(18-34(33-28)22-9-5-4-6-10-22)15-24-19(2)25(17-32)30(37)35(29(24)36)23-11-7-8-12-23/h4-6,9-10,13-16,18,23H,3,7-8,11-12H2,1-2H3/b24-15+. The minimum atomic E-state index is -0.534. The molecule has 2 aliphatic rings. The molecule has 0 saturated heterocycles. The fourth-order valence-electron chi connectivity index (χ4n) is 5.10. The Balaban J connectivity index is 1.67. The van der Waals surface area contributed by atoms with Crippen molar-refractivity contribution < 1.29 is 18.7 Å². The van der Waals surface area contributed by atoms with Crippen LogP contribution in [0.3, 0.4) is 0 Å². The van der Waals surface area contributed by atoms with Crippen molar-refractivity contribution in [3.63, 3.8) is 0 Å². The van der Waals surface area contributed by atoms with Crippen LogP contribution in [-0.2, 0) is 9.59 Å². The topological polar surface area (TPSA) is 88.2 Å². The van der Waals surface area contributed by atoms with Crippen molar-refractivity contribution >= 4 is 17.9 Å². The summed E-state index contributed by atoms with van der Waals surface area (Å²) in [6, 6.07) is 15.8. The Kier molecular flexibility index (Phi) is 6.93. The molecule has 1 aromatic heterocycles. The van der Waals surface area contributed by atoms with Gasteiger partial charge in [0, 0.05) is 28.9 Å². The van der Waals surface area contributed by atoms with E-state index in [1.165, 1.54) is 11.0 Å². The highest BCUT2D eigenvalue weighted by Crippen LogP contribution is 2.35. The van der Waals surface area contributed by atoms with Crippen LogP contribution in [0.5, 0.6) is 5.75 Å². The van der Waals surface area contributed by atoms with E-state index in [1.807, 2.05) is 36.4 Å². The van der Waals surface area contributed by atoms with Crippen molar-refractivity contribution in [1.82, 2.24) is 14.7 Å². The second kappa shape index (κ2) is 10.5. The molecule has 0 spiro atoms. The van der Waals surface area contributed by atoms with Crippen molar-refractivity contribution in [1.29, 1.82) is 5.26 Å². The molecule has 0 unspecified atom stereocenters. The Labute approximate surface area is 220 Å². The summed E-state index contributed by atoms with van der Waals surface area (Å²) in [5.41, 5.74) is 2.84. The average molecular weight is 511 g/mol. The van der Waals surface area contributed by atoms with E-state index in [0.29, 0.717) is 29.0 Å². The summed E-state index contributed by atoms with van der Waals surface area (Å²) in [6.45, 7) is 3.73. The third-order valence-corrected chi connectivity index (χ3v) is 7.03. The summed E-state index contributed by atoms with van der Waals surface area (Å²) in [4.78, 5) is 28.0. The highest BCUT2D eigenvalue weighted by Gasteiger charge is 2.40. The van der Waals surface area contributed by atoms with Crippen LogP contribution in [0.1, 0.15) is 45.1 Å². The minimum absolute atomic E-state index is 0.0353. The smallest absolute Gasteiger partial charge is 0.271 e. The average Bonchev–Trinajstić information content (AvgIpc) is 3.59. The van der Waals surface area contributed by atoms with Gasteiger partial charge in [-0.15, -0.1) is 0 Å². The quantitative estimate of drug-likeness (QED) is 0.318. The van der Waals surface area contributed by atoms with E-state index in [4.69, 9.17) is 9.84 Å². The molecule has 0 atom stereocenters. The first-order valence-corrected chi connectivity index (χ1v) is 12.7. The summed E-state index contributed by atoms with van der Waals surface area (Å²) < 4.78 is 21.8. The van der Waals surface area contributed by atoms with Crippen LogP contribution < -0.4 is 4.74 Å². The fraction of sp³-hybridized carbons (Fsp3) is 0.267. The van der Waals surface area contributed by atoms with Crippen LogP contribution in [0.25, 0.3) is 23.0 Å². The monoisotopic (exact) mass is 510 g/mol. The van der Waals surface area contributed by atoms with Gasteiger partial charge in [-0.3, -0.25) is 14.5 Å². The van der Waals surface area contributed by atoms with Gasteiger partial charge < -0.3 is 4.74 Å². The van der Waals surface area contributed by atoms with Crippen LogP contribution in [0.15, 0.2) is 71.4 Å². The van der Waals surface area contributed by atoms with Gasteiger partial charge in [0.15, 0.2) is 11.6 Å². The minimum Gasteiger partial charge on any atom is -0.491 e. The van der Waals surface area contributed by atoms with Crippen molar-refractivity contribution in [2.45, 2.75) is 45.6 Å². The first-order valence-electron chi connectivity index (χ1n) is 12.7. The summed E-state index contributed by atoms with van der Waals surface area (Å²) in [5, 5.41) is 14.5. The lowest BCUT2D eigenvalue weighted by atomic mass is 9.92. The summed E-state index contributed by atoms with van der Waals surface area (Å²) in [5.74, 6) is -1.33. The number of halogens is 1. The van der Waals surface area contributed by atoms with E-state index >= 15 is 0 Å². The molecule has 5 rings (SSSR count). The highest BCUT2D eigenvalue weighted by atomic mass is 19.1. The first kappa shape index (κ1) is 25.2. The van der Waals surface area contributed by atoms with E-state index in [9.17, 15) is 19.2 Å². The maximum Gasteiger partial charge on any atom is 0.271 e. The van der Waals surface area contributed by atoms with Gasteiger partial charge in [-0.25, -0.2) is 9.07 Å². The number of nitrogens with zero attached hydrogens (tertiary/aromatic N) is 4. The Morgan fingerprint density at radius 3 is 2.53 bits per heavy atom. The van der Waals surface area contributed by atoms with Gasteiger partial charge in [0.2, 0.25) is 0 Å². The molecule has 1 aliphatic carbocycles. The second-order valence-corrected chi connectivity index (χ2v) is 9.38. The Morgan fingerprint density at radius 1 is 1.13 bits per heavy atom. The zero-order valence-electron chi connectivity index (χ0n) is 21.3. The number of carbonyl (C=O) groups is 2. The number of para-hydroxylation sites is 1. The van der Waals surface area contributed by atoms with Crippen molar-refractivity contribution in [3.8, 4) is 28.8 Å². The number of ether oxygens (including phenoxy) is 1. The number of imide groups is 1. The van der Waals surface area contributed by atoms with Crippen LogP contribution in [-0.4, -0.2) is 39.1 Å². The van der Waals surface area contributed by atoms with Gasteiger partial charge in [-0.2, -0.15) is 10.4 Å². The van der Waals surface area contributed by atoms with Gasteiger partial charge in [-0.1, -0.05) is 31.0 Å². The van der Waals surface area contributed by atoms with Crippen molar-refractivity contribution in [3.05, 3.63) is 82.8 Å². The first-order chi connectivity index (χ1) is 18.4. The zero-order valence-corrected chi connectivity index (χ0v) is 21.3. The number of benzene rings is 2. The van der Waals surface area contributed by atoms with Crippen molar-refractivity contribution in [2.24, 2.45) is 0 Å². The molecule has 1 fully saturated rings. The molecule has 192 valence electrons. The van der Waals surface area contributed by atoms with Gasteiger partial charge in [-0.05, 0) is 68.7 Å². The number of aromatic nitrogens is 2. The van der Waals surface area contributed by atoms with Gasteiger partial charge >= 0.3 is 0 Å². The van der Waals surface area contributed by atoms with E-state index in [0.717, 1.165) is 31.4 Å². The lowest BCUT2D eigenvalue weighted by Gasteiger charge is -2.32. The largest absolute Gasteiger partial charge is 0.491 e. The number of hydrogen-bond donors (Lipinski definition) is 0. The molecule has 2 amide bonds. The predicted octanol–water partition coefficient (Wildman–Crippen LogP) is 5.61. The molecule has 2 heterocycles. The normalized spacial score (nSPS) is 17.4. The molecule has 38 heavy (non-hydrogen) atoms.